The molecule has 13 atom stereocenters. The number of nitrogens with zero attached hydrogens (tertiary/aromatic N) is 2. The largest absolute Gasteiger partial charge is 0.364 e. The van der Waals surface area contributed by atoms with Crippen LogP contribution in [0.1, 0.15) is 122 Å². The van der Waals surface area contributed by atoms with Crippen molar-refractivity contribution in [2.45, 2.75) is 152 Å². The minimum atomic E-state index is 0.437. The highest BCUT2D eigenvalue weighted by atomic mass is 15.3. The number of rotatable bonds is 7. The lowest BCUT2D eigenvalue weighted by molar-refractivity contribution is 0.110. The second-order valence-electron chi connectivity index (χ2n) is 22.0. The molecule has 0 spiro atoms. The van der Waals surface area contributed by atoms with Crippen molar-refractivity contribution in [1.29, 1.82) is 0 Å². The zero-order valence-corrected chi connectivity index (χ0v) is 37.6. The van der Waals surface area contributed by atoms with Gasteiger partial charge < -0.3 is 4.90 Å². The fourth-order valence-electron chi connectivity index (χ4n) is 15.8. The first-order chi connectivity index (χ1) is 30.7. The summed E-state index contributed by atoms with van der Waals surface area (Å²) < 4.78 is 0. The Morgan fingerprint density at radius 3 is 2.23 bits per heavy atom. The zero-order valence-electron chi connectivity index (χ0n) is 37.6. The van der Waals surface area contributed by atoms with E-state index in [9.17, 15) is 0 Å². The third-order valence-electron chi connectivity index (χ3n) is 18.8. The first-order valence-electron chi connectivity index (χ1n) is 26.2. The van der Waals surface area contributed by atoms with E-state index in [0.717, 1.165) is 23.7 Å². The number of fused-ring (bicyclic) bond motifs is 6. The third kappa shape index (κ3) is 7.45. The Morgan fingerprint density at radius 1 is 0.532 bits per heavy atom. The second kappa shape index (κ2) is 17.4. The van der Waals surface area contributed by atoms with Gasteiger partial charge in [-0.25, -0.2) is 0 Å². The Kier molecular flexibility index (Phi) is 11.2. The first kappa shape index (κ1) is 39.9. The van der Waals surface area contributed by atoms with E-state index < -0.39 is 0 Å². The summed E-state index contributed by atoms with van der Waals surface area (Å²) in [6, 6.07) is 2.83. The summed E-state index contributed by atoms with van der Waals surface area (Å²) in [6.07, 6.45) is 78.9. The van der Waals surface area contributed by atoms with Crippen LogP contribution in [0.15, 0.2) is 156 Å². The van der Waals surface area contributed by atoms with E-state index in [2.05, 4.69) is 137 Å². The zero-order chi connectivity index (χ0) is 41.0. The SMILES string of the molecule is C1=CCC(C2C=C(C3CCC(N4C5C=C(C6=CC7C(C=C6)C6C=CCCC6N7C6=CC=CC(C7=CCCCC7)C6)C=CC5C5CCC=CC54)CC3)CC(C3C=CCCC3)C2)C=C1. The Bertz CT molecular complexity index is 2110. The Labute approximate surface area is 375 Å². The van der Waals surface area contributed by atoms with Crippen molar-refractivity contribution in [2.24, 2.45) is 59.2 Å². The predicted molar refractivity (Wildman–Crippen MR) is 259 cm³/mol. The molecule has 0 radical (unpaired) electrons. The fraction of sp³-hybridized carbons (Fsp3) is 0.567. The smallest absolute Gasteiger partial charge is 0.0551 e. The third-order valence-corrected chi connectivity index (χ3v) is 18.8. The van der Waals surface area contributed by atoms with Crippen molar-refractivity contribution in [3.8, 4) is 0 Å². The maximum Gasteiger partial charge on any atom is 0.0551 e. The van der Waals surface area contributed by atoms with Gasteiger partial charge >= 0.3 is 0 Å². The topological polar surface area (TPSA) is 6.48 Å². The number of hydrogen-bond acceptors (Lipinski definition) is 2. The van der Waals surface area contributed by atoms with Gasteiger partial charge in [-0.3, -0.25) is 4.90 Å². The Balaban J connectivity index is 0.793. The monoisotopic (exact) mass is 823 g/mol. The van der Waals surface area contributed by atoms with Gasteiger partial charge in [0.05, 0.1) is 6.04 Å². The molecule has 2 nitrogen and oxygen atoms in total. The van der Waals surface area contributed by atoms with E-state index in [4.69, 9.17) is 0 Å². The number of hydrogen-bond donors (Lipinski definition) is 0. The number of allylic oxidation sites excluding steroid dienone is 20. The molecule has 0 N–H and O–H groups in total. The van der Waals surface area contributed by atoms with Crippen LogP contribution in [0.5, 0.6) is 0 Å². The van der Waals surface area contributed by atoms with Gasteiger partial charge in [-0.05, 0) is 175 Å². The molecule has 2 saturated heterocycles. The van der Waals surface area contributed by atoms with Gasteiger partial charge in [-0.1, -0.05) is 133 Å². The van der Waals surface area contributed by atoms with Crippen LogP contribution in [0.3, 0.4) is 0 Å². The van der Waals surface area contributed by atoms with Crippen molar-refractivity contribution in [3.63, 3.8) is 0 Å². The molecule has 2 aliphatic heterocycles. The summed E-state index contributed by atoms with van der Waals surface area (Å²) in [5.74, 6) is 6.96. The molecule has 0 aromatic rings. The van der Waals surface area contributed by atoms with Crippen LogP contribution in [0.2, 0.25) is 0 Å². The van der Waals surface area contributed by atoms with E-state index in [1.165, 1.54) is 133 Å². The van der Waals surface area contributed by atoms with Crippen molar-refractivity contribution in [3.05, 3.63) is 156 Å². The van der Waals surface area contributed by atoms with Crippen molar-refractivity contribution >= 4 is 0 Å². The molecule has 0 bridgehead atoms. The molecule has 62 heavy (non-hydrogen) atoms. The summed E-state index contributed by atoms with van der Waals surface area (Å²) in [6.45, 7) is 0. The Hall–Kier alpha value is -3.62. The lowest BCUT2D eigenvalue weighted by atomic mass is 9.65. The van der Waals surface area contributed by atoms with Crippen LogP contribution in [-0.4, -0.2) is 40.0 Å². The highest BCUT2D eigenvalue weighted by Gasteiger charge is 2.51. The molecule has 324 valence electrons. The minimum Gasteiger partial charge on any atom is -0.364 e. The van der Waals surface area contributed by atoms with E-state index in [1.54, 1.807) is 11.3 Å². The maximum absolute atomic E-state index is 3.09. The summed E-state index contributed by atoms with van der Waals surface area (Å²) in [7, 11) is 0. The molecule has 0 aromatic carbocycles. The van der Waals surface area contributed by atoms with Gasteiger partial charge in [0.15, 0.2) is 0 Å². The van der Waals surface area contributed by atoms with Gasteiger partial charge in [0, 0.05) is 53.5 Å². The van der Waals surface area contributed by atoms with Crippen molar-refractivity contribution < 1.29 is 0 Å². The van der Waals surface area contributed by atoms with Crippen LogP contribution in [-0.2, 0) is 0 Å². The van der Waals surface area contributed by atoms with Gasteiger partial charge in [0.1, 0.15) is 0 Å². The van der Waals surface area contributed by atoms with Crippen LogP contribution in [0.25, 0.3) is 0 Å². The van der Waals surface area contributed by atoms with Crippen LogP contribution in [0, 0.1) is 59.2 Å². The van der Waals surface area contributed by atoms with Crippen LogP contribution in [0.4, 0.5) is 0 Å². The molecule has 12 rings (SSSR count). The van der Waals surface area contributed by atoms with E-state index in [-0.39, 0.29) is 0 Å². The molecule has 0 aromatic heterocycles. The minimum absolute atomic E-state index is 0.437. The molecular weight excluding hydrogens is 749 g/mol. The average Bonchev–Trinajstić information content (AvgIpc) is 3.87. The van der Waals surface area contributed by atoms with Crippen LogP contribution < -0.4 is 0 Å². The van der Waals surface area contributed by atoms with Crippen molar-refractivity contribution in [1.82, 2.24) is 9.80 Å². The van der Waals surface area contributed by atoms with Gasteiger partial charge in [0.2, 0.25) is 0 Å². The van der Waals surface area contributed by atoms with E-state index in [0.29, 0.717) is 65.7 Å². The highest BCUT2D eigenvalue weighted by molar-refractivity contribution is 5.53. The van der Waals surface area contributed by atoms with E-state index in [1.807, 2.05) is 5.57 Å². The van der Waals surface area contributed by atoms with Crippen molar-refractivity contribution in [2.75, 3.05) is 0 Å². The molecule has 10 aliphatic carbocycles. The summed E-state index contributed by atoms with van der Waals surface area (Å²) in [5.41, 5.74) is 8.12. The van der Waals surface area contributed by atoms with Gasteiger partial charge in [0.25, 0.3) is 0 Å². The lowest BCUT2D eigenvalue weighted by Gasteiger charge is -2.44. The highest BCUT2D eigenvalue weighted by Crippen LogP contribution is 2.52. The molecule has 1 saturated carbocycles. The molecule has 3 fully saturated rings. The van der Waals surface area contributed by atoms with E-state index >= 15 is 0 Å². The normalized spacial score (nSPS) is 43.3. The predicted octanol–water partition coefficient (Wildman–Crippen LogP) is 14.2. The Morgan fingerprint density at radius 2 is 1.39 bits per heavy atom. The molecule has 2 heterocycles. The molecule has 0 amide bonds. The van der Waals surface area contributed by atoms with Crippen LogP contribution >= 0.6 is 0 Å². The molecular formula is C60H74N2. The quantitative estimate of drug-likeness (QED) is 0.236. The second-order valence-corrected chi connectivity index (χ2v) is 22.0. The first-order valence-corrected chi connectivity index (χ1v) is 26.2. The summed E-state index contributed by atoms with van der Waals surface area (Å²) in [5, 5.41) is 0. The standard InChI is InChI=1S/C60H74N2/c1-4-15-41(16-5-1)45-21-14-22-52(38-45)62-58-26-13-11-24-54(58)56-34-30-47(40-60(56)62)46-29-33-55-53-23-10-12-25-57(53)61(59(55)39-46)51-31-27-44(28-32-51)50-36-48(42-17-6-2-7-18-42)35-49(37-50)43-19-8-3-9-20-43/h2,6-8,11-12,14-15,17,19,21-22,24-25,29-30,33-34,36,39-40,42-45,48-49,51,53-60H,1,3-5,9-10,13,16,18,20,23,26-28,31-32,35,37-38H2. The maximum atomic E-state index is 3.09. The average molecular weight is 823 g/mol. The van der Waals surface area contributed by atoms with Gasteiger partial charge in [-0.15, -0.1) is 0 Å². The number of likely N-dealkylation sites (tertiary alicyclic amines) is 2. The summed E-state index contributed by atoms with van der Waals surface area (Å²) >= 11 is 0. The fourth-order valence-corrected chi connectivity index (χ4v) is 15.8. The molecule has 12 aliphatic rings. The molecule has 2 heteroatoms. The van der Waals surface area contributed by atoms with Gasteiger partial charge in [-0.2, -0.15) is 0 Å². The molecule has 13 unspecified atom stereocenters. The summed E-state index contributed by atoms with van der Waals surface area (Å²) in [4.78, 5) is 6.03. The lowest BCUT2D eigenvalue weighted by Crippen LogP contribution is -2.46.